The monoisotopic (exact) mass is 343 g/mol. The van der Waals surface area contributed by atoms with Gasteiger partial charge >= 0.3 is 5.97 Å². The molecule has 2 aliphatic heterocycles. The first-order chi connectivity index (χ1) is 12.0. The number of hydrogen-bond donors (Lipinski definition) is 1. The second-order valence-electron chi connectivity index (χ2n) is 6.41. The van der Waals surface area contributed by atoms with E-state index in [9.17, 15) is 14.4 Å². The van der Waals surface area contributed by atoms with Crippen molar-refractivity contribution in [3.63, 3.8) is 0 Å². The molecule has 3 rings (SSSR count). The molecule has 2 aliphatic rings. The molecular weight excluding hydrogens is 322 g/mol. The predicted molar refractivity (Wildman–Crippen MR) is 90.6 cm³/mol. The van der Waals surface area contributed by atoms with Crippen LogP contribution in [0.15, 0.2) is 35.4 Å². The Morgan fingerprint density at radius 1 is 1.20 bits per heavy atom. The number of piperidine rings is 1. The van der Waals surface area contributed by atoms with Crippen LogP contribution in [0.1, 0.15) is 31.2 Å². The molecule has 1 atom stereocenters. The number of hydrogen-bond acceptors (Lipinski definition) is 4. The Bertz CT molecular complexity index is 702. The van der Waals surface area contributed by atoms with Crippen LogP contribution in [-0.2, 0) is 20.9 Å². The highest BCUT2D eigenvalue weighted by molar-refractivity contribution is 6.39. The molecule has 1 aromatic carbocycles. The van der Waals surface area contributed by atoms with E-state index in [4.69, 9.17) is 5.11 Å². The summed E-state index contributed by atoms with van der Waals surface area (Å²) in [6.07, 6.45) is 1.80. The number of rotatable bonds is 4. The van der Waals surface area contributed by atoms with Gasteiger partial charge in [-0.1, -0.05) is 30.3 Å². The molecular formula is C18H21N3O4. The molecule has 1 saturated heterocycles. The van der Waals surface area contributed by atoms with Gasteiger partial charge in [0.1, 0.15) is 5.71 Å². The second kappa shape index (κ2) is 7.46. The number of likely N-dealkylation sites (tertiary alicyclic amines) is 1. The smallest absolute Gasteiger partial charge is 0.308 e. The molecule has 7 nitrogen and oxygen atoms in total. The maximum atomic E-state index is 12.7. The molecule has 132 valence electrons. The molecule has 2 heterocycles. The van der Waals surface area contributed by atoms with E-state index in [0.29, 0.717) is 38.1 Å². The van der Waals surface area contributed by atoms with Gasteiger partial charge in [-0.2, -0.15) is 5.10 Å². The topological polar surface area (TPSA) is 90.3 Å². The molecule has 0 aromatic heterocycles. The van der Waals surface area contributed by atoms with Crippen molar-refractivity contribution in [3.8, 4) is 0 Å². The fourth-order valence-corrected chi connectivity index (χ4v) is 3.18. The quantitative estimate of drug-likeness (QED) is 0.897. The van der Waals surface area contributed by atoms with Gasteiger partial charge in [-0.3, -0.25) is 14.4 Å². The summed E-state index contributed by atoms with van der Waals surface area (Å²) in [4.78, 5) is 37.5. The molecule has 1 fully saturated rings. The number of hydrazone groups is 1. The van der Waals surface area contributed by atoms with Crippen LogP contribution in [-0.4, -0.2) is 51.6 Å². The lowest BCUT2D eigenvalue weighted by atomic mass is 9.97. The SMILES string of the molecule is O=C(O)C1CCCN(C(=O)C2=NN(Cc3ccccc3)C(=O)CC2)C1. The summed E-state index contributed by atoms with van der Waals surface area (Å²) in [5.41, 5.74) is 1.28. The predicted octanol–water partition coefficient (Wildman–Crippen LogP) is 1.49. The molecule has 0 saturated carbocycles. The van der Waals surface area contributed by atoms with Gasteiger partial charge < -0.3 is 10.0 Å². The summed E-state index contributed by atoms with van der Waals surface area (Å²) in [5, 5.41) is 14.8. The van der Waals surface area contributed by atoms with Crippen LogP contribution in [0.4, 0.5) is 0 Å². The van der Waals surface area contributed by atoms with Crippen LogP contribution in [0.5, 0.6) is 0 Å². The highest BCUT2D eigenvalue weighted by Crippen LogP contribution is 2.20. The minimum Gasteiger partial charge on any atom is -0.481 e. The van der Waals surface area contributed by atoms with Crippen molar-refractivity contribution in [1.29, 1.82) is 0 Å². The first-order valence-electron chi connectivity index (χ1n) is 8.48. The van der Waals surface area contributed by atoms with Gasteiger partial charge in [0.25, 0.3) is 5.91 Å². The summed E-state index contributed by atoms with van der Waals surface area (Å²) >= 11 is 0. The van der Waals surface area contributed by atoms with Gasteiger partial charge in [0.15, 0.2) is 0 Å². The lowest BCUT2D eigenvalue weighted by molar-refractivity contribution is -0.144. The largest absolute Gasteiger partial charge is 0.481 e. The van der Waals surface area contributed by atoms with E-state index in [-0.39, 0.29) is 24.8 Å². The molecule has 1 unspecified atom stereocenters. The van der Waals surface area contributed by atoms with E-state index < -0.39 is 11.9 Å². The first-order valence-corrected chi connectivity index (χ1v) is 8.48. The van der Waals surface area contributed by atoms with Crippen molar-refractivity contribution in [2.24, 2.45) is 11.0 Å². The van der Waals surface area contributed by atoms with Crippen molar-refractivity contribution in [2.45, 2.75) is 32.2 Å². The van der Waals surface area contributed by atoms with Crippen molar-refractivity contribution in [3.05, 3.63) is 35.9 Å². The number of carbonyl (C=O) groups excluding carboxylic acids is 2. The lowest BCUT2D eigenvalue weighted by Crippen LogP contribution is -2.47. The Morgan fingerprint density at radius 3 is 2.68 bits per heavy atom. The first kappa shape index (κ1) is 17.1. The summed E-state index contributed by atoms with van der Waals surface area (Å²) in [6.45, 7) is 1.07. The van der Waals surface area contributed by atoms with Crippen molar-refractivity contribution in [1.82, 2.24) is 9.91 Å². The Morgan fingerprint density at radius 2 is 1.96 bits per heavy atom. The van der Waals surface area contributed by atoms with Gasteiger partial charge in [-0.25, -0.2) is 5.01 Å². The average molecular weight is 343 g/mol. The maximum Gasteiger partial charge on any atom is 0.308 e. The lowest BCUT2D eigenvalue weighted by Gasteiger charge is -2.32. The average Bonchev–Trinajstić information content (AvgIpc) is 2.64. The van der Waals surface area contributed by atoms with Gasteiger partial charge in [-0.15, -0.1) is 0 Å². The summed E-state index contributed by atoms with van der Waals surface area (Å²) in [5.74, 6) is -1.76. The third-order valence-electron chi connectivity index (χ3n) is 4.58. The number of carboxylic acid groups (broad SMARTS) is 1. The fraction of sp³-hybridized carbons (Fsp3) is 0.444. The van der Waals surface area contributed by atoms with Crippen molar-refractivity contribution in [2.75, 3.05) is 13.1 Å². The van der Waals surface area contributed by atoms with Crippen LogP contribution in [0.2, 0.25) is 0 Å². The Kier molecular flexibility index (Phi) is 5.11. The number of aliphatic carboxylic acids is 1. The van der Waals surface area contributed by atoms with Crippen LogP contribution in [0, 0.1) is 5.92 Å². The van der Waals surface area contributed by atoms with Crippen LogP contribution >= 0.6 is 0 Å². The second-order valence-corrected chi connectivity index (χ2v) is 6.41. The van der Waals surface area contributed by atoms with Gasteiger partial charge in [0.2, 0.25) is 5.91 Å². The van der Waals surface area contributed by atoms with Crippen LogP contribution in [0.25, 0.3) is 0 Å². The maximum absolute atomic E-state index is 12.7. The Labute approximate surface area is 145 Å². The number of carboxylic acids is 1. The fourth-order valence-electron chi connectivity index (χ4n) is 3.18. The Balaban J connectivity index is 1.72. The third kappa shape index (κ3) is 4.04. The van der Waals surface area contributed by atoms with Crippen molar-refractivity contribution < 1.29 is 19.5 Å². The zero-order valence-corrected chi connectivity index (χ0v) is 13.9. The summed E-state index contributed by atoms with van der Waals surface area (Å²) < 4.78 is 0. The molecule has 7 heteroatoms. The third-order valence-corrected chi connectivity index (χ3v) is 4.58. The van der Waals surface area contributed by atoms with Crippen LogP contribution < -0.4 is 0 Å². The number of nitrogens with zero attached hydrogens (tertiary/aromatic N) is 3. The normalized spacial score (nSPS) is 21.0. The summed E-state index contributed by atoms with van der Waals surface area (Å²) in [6, 6.07) is 9.48. The molecule has 0 aliphatic carbocycles. The molecule has 1 N–H and O–H groups in total. The van der Waals surface area contributed by atoms with Gasteiger partial charge in [-0.05, 0) is 18.4 Å². The van der Waals surface area contributed by atoms with Gasteiger partial charge in [0, 0.05) is 25.9 Å². The van der Waals surface area contributed by atoms with Gasteiger partial charge in [0.05, 0.1) is 12.5 Å². The summed E-state index contributed by atoms with van der Waals surface area (Å²) in [7, 11) is 0. The van der Waals surface area contributed by atoms with E-state index >= 15 is 0 Å². The minimum absolute atomic E-state index is 0.109. The standard InChI is InChI=1S/C18H21N3O4/c22-16-9-8-15(19-21(16)11-13-5-2-1-3-6-13)17(23)20-10-4-7-14(12-20)18(24)25/h1-3,5-6,14H,4,7-12H2,(H,24,25). The zero-order valence-electron chi connectivity index (χ0n) is 13.9. The van der Waals surface area contributed by atoms with E-state index in [0.717, 1.165) is 5.56 Å². The molecule has 0 radical (unpaired) electrons. The highest BCUT2D eigenvalue weighted by atomic mass is 16.4. The molecule has 1 aromatic rings. The molecule has 0 spiro atoms. The van der Waals surface area contributed by atoms with E-state index in [1.54, 1.807) is 4.90 Å². The molecule has 25 heavy (non-hydrogen) atoms. The molecule has 0 bridgehead atoms. The van der Waals surface area contributed by atoms with E-state index in [2.05, 4.69) is 5.10 Å². The van der Waals surface area contributed by atoms with Crippen LogP contribution in [0.3, 0.4) is 0 Å². The van der Waals surface area contributed by atoms with Crippen molar-refractivity contribution >= 4 is 23.5 Å². The van der Waals surface area contributed by atoms with E-state index in [1.807, 2.05) is 30.3 Å². The number of benzene rings is 1. The zero-order chi connectivity index (χ0) is 17.8. The number of amides is 2. The minimum atomic E-state index is -0.871. The number of carbonyl (C=O) groups is 3. The van der Waals surface area contributed by atoms with E-state index in [1.165, 1.54) is 5.01 Å². The molecule has 2 amide bonds. The highest BCUT2D eigenvalue weighted by Gasteiger charge is 2.32. The Hall–Kier alpha value is -2.70.